The Bertz CT molecular complexity index is 867. The third-order valence-corrected chi connectivity index (χ3v) is 6.16. The summed E-state index contributed by atoms with van der Waals surface area (Å²) < 4.78 is 4.74. The van der Waals surface area contributed by atoms with Crippen LogP contribution in [0.3, 0.4) is 0 Å². The number of alkyl halides is 1. The number of rotatable bonds is 8. The molecule has 2 atom stereocenters. The van der Waals surface area contributed by atoms with Crippen LogP contribution in [0.4, 0.5) is 5.82 Å². The van der Waals surface area contributed by atoms with E-state index in [1.165, 1.54) is 0 Å². The Morgan fingerprint density at radius 2 is 2.03 bits per heavy atom. The summed E-state index contributed by atoms with van der Waals surface area (Å²) in [5, 5.41) is 13.1. The maximum absolute atomic E-state index is 13.0. The first-order valence-corrected chi connectivity index (χ1v) is 11.7. The number of methoxy groups -OCH3 is 1. The molecule has 6 nitrogen and oxygen atoms in total. The van der Waals surface area contributed by atoms with Crippen molar-refractivity contribution in [2.75, 3.05) is 25.1 Å². The van der Waals surface area contributed by atoms with Gasteiger partial charge in [0.1, 0.15) is 15.7 Å². The van der Waals surface area contributed by atoms with Crippen molar-refractivity contribution in [2.24, 2.45) is 5.92 Å². The molecule has 0 bridgehead atoms. The summed E-state index contributed by atoms with van der Waals surface area (Å²) in [6.45, 7) is 6.08. The van der Waals surface area contributed by atoms with E-state index in [-0.39, 0.29) is 11.9 Å². The first-order chi connectivity index (χ1) is 14.4. The molecule has 1 unspecified atom stereocenters. The topological polar surface area (TPSA) is 74.7 Å². The molecule has 7 heteroatoms. The summed E-state index contributed by atoms with van der Waals surface area (Å²) in [6, 6.07) is 9.42. The molecule has 1 saturated heterocycles. The van der Waals surface area contributed by atoms with E-state index < -0.39 is 4.11 Å². The monoisotopic (exact) mass is 523 g/mol. The number of nitrogens with zero attached hydrogens (tertiary/aromatic N) is 2. The van der Waals surface area contributed by atoms with Crippen LogP contribution in [0.1, 0.15) is 43.5 Å². The van der Waals surface area contributed by atoms with Crippen LogP contribution in [0.15, 0.2) is 36.5 Å². The second-order valence-electron chi connectivity index (χ2n) is 8.10. The molecule has 162 valence electrons. The van der Waals surface area contributed by atoms with Crippen LogP contribution in [0, 0.1) is 5.92 Å². The van der Waals surface area contributed by atoms with Gasteiger partial charge in [-0.15, -0.1) is 0 Å². The summed E-state index contributed by atoms with van der Waals surface area (Å²) in [5.41, 5.74) is 2.37. The van der Waals surface area contributed by atoms with Crippen LogP contribution >= 0.6 is 22.6 Å². The number of nitrogens with one attached hydrogen (secondary N) is 1. The number of aliphatic hydroxyl groups excluding tert-OH is 1. The normalized spacial score (nSPS) is 15.9. The Kier molecular flexibility index (Phi) is 7.93. The van der Waals surface area contributed by atoms with E-state index in [1.54, 1.807) is 13.3 Å². The van der Waals surface area contributed by atoms with Gasteiger partial charge in [-0.25, -0.2) is 4.98 Å². The van der Waals surface area contributed by atoms with E-state index >= 15 is 0 Å². The predicted octanol–water partition coefficient (Wildman–Crippen LogP) is 4.26. The van der Waals surface area contributed by atoms with Gasteiger partial charge >= 0.3 is 0 Å². The molecule has 0 spiro atoms. The first-order valence-electron chi connectivity index (χ1n) is 10.4. The van der Waals surface area contributed by atoms with E-state index in [1.807, 2.05) is 52.9 Å². The minimum absolute atomic E-state index is 0.221. The van der Waals surface area contributed by atoms with E-state index in [9.17, 15) is 9.90 Å². The number of aliphatic hydroxyl groups is 1. The van der Waals surface area contributed by atoms with Crippen molar-refractivity contribution in [3.63, 3.8) is 0 Å². The van der Waals surface area contributed by atoms with Gasteiger partial charge in [0.25, 0.3) is 5.91 Å². The number of aromatic nitrogens is 1. The largest absolute Gasteiger partial charge is 0.497 e. The molecule has 1 aromatic carbocycles. The van der Waals surface area contributed by atoms with Gasteiger partial charge in [0, 0.05) is 24.8 Å². The van der Waals surface area contributed by atoms with Crippen LogP contribution in [-0.2, 0) is 0 Å². The second kappa shape index (κ2) is 10.4. The quantitative estimate of drug-likeness (QED) is 0.400. The van der Waals surface area contributed by atoms with Crippen molar-refractivity contribution in [2.45, 2.75) is 43.3 Å². The van der Waals surface area contributed by atoms with Crippen molar-refractivity contribution >= 4 is 34.3 Å². The predicted molar refractivity (Wildman–Crippen MR) is 128 cm³/mol. The number of hydrogen-bond acceptors (Lipinski definition) is 5. The molecule has 0 aliphatic carbocycles. The van der Waals surface area contributed by atoms with Gasteiger partial charge in [0.05, 0.1) is 18.7 Å². The third-order valence-electron chi connectivity index (χ3n) is 5.29. The number of anilines is 1. The molecule has 2 N–H and O–H groups in total. The molecule has 30 heavy (non-hydrogen) atoms. The van der Waals surface area contributed by atoms with Crippen LogP contribution in [-0.4, -0.2) is 46.3 Å². The molecular formula is C23H30IN3O3. The SMILES string of the molecule is COc1cccc(-c2cc(C(=O)N[C@@H](CC(C)C)C(O)I)cnc2N2CCCC2)c1. The molecule has 0 saturated carbocycles. The molecule has 1 aliphatic heterocycles. The molecule has 1 aromatic heterocycles. The molecule has 1 amide bonds. The van der Waals surface area contributed by atoms with Crippen LogP contribution in [0.2, 0.25) is 0 Å². The number of amides is 1. The molecular weight excluding hydrogens is 493 g/mol. The van der Waals surface area contributed by atoms with Crippen molar-refractivity contribution in [3.8, 4) is 16.9 Å². The fourth-order valence-electron chi connectivity index (χ4n) is 3.77. The second-order valence-corrected chi connectivity index (χ2v) is 9.38. The highest BCUT2D eigenvalue weighted by Gasteiger charge is 2.23. The third kappa shape index (κ3) is 5.63. The summed E-state index contributed by atoms with van der Waals surface area (Å²) in [7, 11) is 1.65. The van der Waals surface area contributed by atoms with Crippen molar-refractivity contribution < 1.29 is 14.6 Å². The van der Waals surface area contributed by atoms with Crippen molar-refractivity contribution in [3.05, 3.63) is 42.1 Å². The lowest BCUT2D eigenvalue weighted by molar-refractivity contribution is 0.0901. The molecule has 3 rings (SSSR count). The summed E-state index contributed by atoms with van der Waals surface area (Å²) >= 11 is 1.95. The summed E-state index contributed by atoms with van der Waals surface area (Å²) in [5.74, 6) is 1.80. The Balaban J connectivity index is 1.95. The van der Waals surface area contributed by atoms with Crippen LogP contribution in [0.5, 0.6) is 5.75 Å². The number of benzene rings is 1. The van der Waals surface area contributed by atoms with Crippen molar-refractivity contribution in [1.29, 1.82) is 0 Å². The molecule has 1 fully saturated rings. The number of carbonyl (C=O) groups excluding carboxylic acids is 1. The van der Waals surface area contributed by atoms with Gasteiger partial charge < -0.3 is 20.1 Å². The molecule has 0 radical (unpaired) electrons. The number of halogens is 1. The van der Waals surface area contributed by atoms with E-state index in [0.29, 0.717) is 17.9 Å². The smallest absolute Gasteiger partial charge is 0.253 e. The average Bonchev–Trinajstić information content (AvgIpc) is 3.27. The Labute approximate surface area is 192 Å². The van der Waals surface area contributed by atoms with Crippen LogP contribution in [0.25, 0.3) is 11.1 Å². The zero-order valence-corrected chi connectivity index (χ0v) is 19.9. The zero-order valence-electron chi connectivity index (χ0n) is 17.8. The van der Waals surface area contributed by atoms with E-state index in [2.05, 4.69) is 29.0 Å². The van der Waals surface area contributed by atoms with Gasteiger partial charge in [-0.05, 0) is 71.5 Å². The van der Waals surface area contributed by atoms with E-state index in [0.717, 1.165) is 48.6 Å². The summed E-state index contributed by atoms with van der Waals surface area (Å²) in [4.78, 5) is 19.9. The lowest BCUT2D eigenvalue weighted by atomic mass is 10.0. The minimum Gasteiger partial charge on any atom is -0.497 e. The first kappa shape index (κ1) is 22.8. The fraction of sp³-hybridized carbons (Fsp3) is 0.478. The van der Waals surface area contributed by atoms with Gasteiger partial charge in [0.2, 0.25) is 0 Å². The number of carbonyl (C=O) groups is 1. The number of pyridine rings is 1. The fourth-order valence-corrected chi connectivity index (χ4v) is 4.24. The number of hydrogen-bond donors (Lipinski definition) is 2. The highest BCUT2D eigenvalue weighted by Crippen LogP contribution is 2.33. The Hall–Kier alpha value is -1.87. The van der Waals surface area contributed by atoms with E-state index in [4.69, 9.17) is 4.74 Å². The lowest BCUT2D eigenvalue weighted by Gasteiger charge is -2.23. The minimum atomic E-state index is -0.649. The zero-order chi connectivity index (χ0) is 21.7. The maximum Gasteiger partial charge on any atom is 0.253 e. The number of ether oxygens (including phenoxy) is 1. The lowest BCUT2D eigenvalue weighted by Crippen LogP contribution is -2.41. The van der Waals surface area contributed by atoms with Gasteiger partial charge in [-0.3, -0.25) is 4.79 Å². The Morgan fingerprint density at radius 1 is 1.30 bits per heavy atom. The van der Waals surface area contributed by atoms with Gasteiger partial charge in [-0.2, -0.15) is 0 Å². The van der Waals surface area contributed by atoms with Gasteiger partial charge in [0.15, 0.2) is 0 Å². The molecule has 2 aromatic rings. The average molecular weight is 523 g/mol. The van der Waals surface area contributed by atoms with Crippen molar-refractivity contribution in [1.82, 2.24) is 10.3 Å². The van der Waals surface area contributed by atoms with Gasteiger partial charge in [-0.1, -0.05) is 26.0 Å². The molecule has 2 heterocycles. The maximum atomic E-state index is 13.0. The highest BCUT2D eigenvalue weighted by atomic mass is 127. The standard InChI is InChI=1S/C23H30IN3O3/c1-15(2)11-20(21(24)28)26-23(29)17-13-19(16-7-6-8-18(12-16)30-3)22(25-14-17)27-9-4-5-10-27/h6-8,12-15,20-21,28H,4-5,9-11H2,1-3H3,(H,26,29)/t20-,21?/m0/s1. The highest BCUT2D eigenvalue weighted by molar-refractivity contribution is 14.1. The van der Waals surface area contributed by atoms with Crippen LogP contribution < -0.4 is 15.0 Å². The molecule has 1 aliphatic rings. The Morgan fingerprint density at radius 3 is 2.67 bits per heavy atom. The summed E-state index contributed by atoms with van der Waals surface area (Å²) in [6.07, 6.45) is 4.63.